The highest BCUT2D eigenvalue weighted by molar-refractivity contribution is 5.05. The normalized spacial score (nSPS) is 24.1. The van der Waals surface area contributed by atoms with Crippen molar-refractivity contribution in [3.63, 3.8) is 0 Å². The minimum Gasteiger partial charge on any atom is -0.300 e. The van der Waals surface area contributed by atoms with Crippen LogP contribution < -0.4 is 5.32 Å². The second kappa shape index (κ2) is 7.87. The van der Waals surface area contributed by atoms with Crippen LogP contribution in [-0.2, 0) is 0 Å². The fourth-order valence-corrected chi connectivity index (χ4v) is 3.18. The van der Waals surface area contributed by atoms with E-state index >= 15 is 0 Å². The molecule has 0 aromatic carbocycles. The van der Waals surface area contributed by atoms with Gasteiger partial charge in [-0.1, -0.05) is 19.8 Å². The maximum absolute atomic E-state index is 9.40. The van der Waals surface area contributed by atoms with Crippen molar-refractivity contribution in [2.75, 3.05) is 13.1 Å². The van der Waals surface area contributed by atoms with E-state index in [0.29, 0.717) is 6.04 Å². The van der Waals surface area contributed by atoms with Gasteiger partial charge < -0.3 is 4.90 Å². The highest BCUT2D eigenvalue weighted by Gasteiger charge is 2.28. The number of nitriles is 1. The van der Waals surface area contributed by atoms with Crippen LogP contribution in [-0.4, -0.2) is 35.6 Å². The van der Waals surface area contributed by atoms with Gasteiger partial charge in [0.2, 0.25) is 0 Å². The lowest BCUT2D eigenvalue weighted by atomic mass is 9.94. The van der Waals surface area contributed by atoms with Crippen molar-refractivity contribution in [1.29, 1.82) is 5.26 Å². The molecule has 0 radical (unpaired) electrons. The monoisotopic (exact) mass is 265 g/mol. The Morgan fingerprint density at radius 2 is 2.16 bits per heavy atom. The maximum atomic E-state index is 9.40. The maximum Gasteiger partial charge on any atom is 0.105 e. The Bertz CT molecular complexity index is 293. The van der Waals surface area contributed by atoms with Gasteiger partial charge in [-0.2, -0.15) is 5.26 Å². The van der Waals surface area contributed by atoms with Crippen molar-refractivity contribution in [1.82, 2.24) is 10.2 Å². The standard InChI is InChI=1S/C16H31N3/c1-5-8-15-9-6-7-11-19(15)12-10-16(4,13-17)18-14(2)3/h14-15,18H,5-12H2,1-4H3. The third-order valence-electron chi connectivity index (χ3n) is 4.12. The van der Waals surface area contributed by atoms with Crippen LogP contribution in [0.25, 0.3) is 0 Å². The number of nitrogens with zero attached hydrogens (tertiary/aromatic N) is 2. The minimum absolute atomic E-state index is 0.359. The molecule has 0 bridgehead atoms. The summed E-state index contributed by atoms with van der Waals surface area (Å²) < 4.78 is 0. The molecular formula is C16H31N3. The smallest absolute Gasteiger partial charge is 0.105 e. The first-order valence-corrected chi connectivity index (χ1v) is 7.93. The molecule has 3 heteroatoms. The van der Waals surface area contributed by atoms with Crippen molar-refractivity contribution < 1.29 is 0 Å². The number of hydrogen-bond acceptors (Lipinski definition) is 3. The Hall–Kier alpha value is -0.590. The molecule has 1 N–H and O–H groups in total. The number of likely N-dealkylation sites (tertiary alicyclic amines) is 1. The van der Waals surface area contributed by atoms with Gasteiger partial charge in [-0.3, -0.25) is 5.32 Å². The fraction of sp³-hybridized carbons (Fsp3) is 0.938. The molecule has 110 valence electrons. The number of nitrogens with one attached hydrogen (secondary N) is 1. The molecule has 0 aliphatic carbocycles. The van der Waals surface area contributed by atoms with Crippen LogP contribution in [0.2, 0.25) is 0 Å². The molecule has 19 heavy (non-hydrogen) atoms. The van der Waals surface area contributed by atoms with E-state index in [1.54, 1.807) is 0 Å². The Kier molecular flexibility index (Phi) is 6.82. The molecule has 0 aromatic rings. The van der Waals surface area contributed by atoms with Gasteiger partial charge >= 0.3 is 0 Å². The Morgan fingerprint density at radius 3 is 2.74 bits per heavy atom. The molecule has 2 unspecified atom stereocenters. The number of hydrogen-bond donors (Lipinski definition) is 1. The molecule has 1 fully saturated rings. The molecule has 0 spiro atoms. The van der Waals surface area contributed by atoms with Crippen LogP contribution in [0.4, 0.5) is 0 Å². The summed E-state index contributed by atoms with van der Waals surface area (Å²) in [5.41, 5.74) is -0.387. The molecule has 0 amide bonds. The summed E-state index contributed by atoms with van der Waals surface area (Å²) >= 11 is 0. The highest BCUT2D eigenvalue weighted by Crippen LogP contribution is 2.22. The number of piperidine rings is 1. The van der Waals surface area contributed by atoms with E-state index in [1.807, 2.05) is 6.92 Å². The van der Waals surface area contributed by atoms with Crippen LogP contribution >= 0.6 is 0 Å². The van der Waals surface area contributed by atoms with E-state index < -0.39 is 0 Å². The summed E-state index contributed by atoms with van der Waals surface area (Å²) in [4.78, 5) is 2.62. The van der Waals surface area contributed by atoms with Crippen molar-refractivity contribution in [3.8, 4) is 6.07 Å². The summed E-state index contributed by atoms with van der Waals surface area (Å²) in [6, 6.07) is 3.57. The zero-order valence-electron chi connectivity index (χ0n) is 13.2. The lowest BCUT2D eigenvalue weighted by Crippen LogP contribution is -2.49. The van der Waals surface area contributed by atoms with E-state index in [1.165, 1.54) is 38.6 Å². The summed E-state index contributed by atoms with van der Waals surface area (Å²) in [5.74, 6) is 0. The van der Waals surface area contributed by atoms with Crippen LogP contribution in [0.3, 0.4) is 0 Å². The molecule has 2 atom stereocenters. The summed E-state index contributed by atoms with van der Waals surface area (Å²) in [7, 11) is 0. The Balaban J connectivity index is 2.50. The van der Waals surface area contributed by atoms with Gasteiger partial charge in [-0.15, -0.1) is 0 Å². The molecule has 0 aromatic heterocycles. The first-order valence-electron chi connectivity index (χ1n) is 7.93. The topological polar surface area (TPSA) is 39.1 Å². The third-order valence-corrected chi connectivity index (χ3v) is 4.12. The van der Waals surface area contributed by atoms with E-state index in [9.17, 15) is 5.26 Å². The zero-order valence-corrected chi connectivity index (χ0v) is 13.2. The summed E-state index contributed by atoms with van der Waals surface area (Å²) in [6.07, 6.45) is 7.53. The summed E-state index contributed by atoms with van der Waals surface area (Å²) in [6.45, 7) is 10.8. The van der Waals surface area contributed by atoms with E-state index in [-0.39, 0.29) is 5.54 Å². The van der Waals surface area contributed by atoms with Crippen molar-refractivity contribution in [2.45, 2.75) is 83.8 Å². The van der Waals surface area contributed by atoms with Gasteiger partial charge in [0, 0.05) is 18.6 Å². The van der Waals surface area contributed by atoms with Gasteiger partial charge in [0.1, 0.15) is 5.54 Å². The van der Waals surface area contributed by atoms with E-state index in [2.05, 4.69) is 37.1 Å². The quantitative estimate of drug-likeness (QED) is 0.767. The van der Waals surface area contributed by atoms with Crippen molar-refractivity contribution >= 4 is 0 Å². The highest BCUT2D eigenvalue weighted by atomic mass is 15.2. The average molecular weight is 265 g/mol. The van der Waals surface area contributed by atoms with Crippen LogP contribution in [0.1, 0.15) is 66.2 Å². The first-order chi connectivity index (χ1) is 9.00. The second-order valence-electron chi connectivity index (χ2n) is 6.47. The Morgan fingerprint density at radius 1 is 1.42 bits per heavy atom. The van der Waals surface area contributed by atoms with Gasteiger partial charge in [-0.25, -0.2) is 0 Å². The lowest BCUT2D eigenvalue weighted by Gasteiger charge is -2.37. The predicted molar refractivity (Wildman–Crippen MR) is 81.0 cm³/mol. The SMILES string of the molecule is CCCC1CCCCN1CCC(C)(C#N)NC(C)C. The van der Waals surface area contributed by atoms with E-state index in [0.717, 1.165) is 19.0 Å². The predicted octanol–water partition coefficient (Wildman–Crippen LogP) is 3.31. The zero-order chi connectivity index (χ0) is 14.3. The summed E-state index contributed by atoms with van der Waals surface area (Å²) in [5, 5.41) is 12.8. The molecule has 1 aliphatic rings. The minimum atomic E-state index is -0.387. The molecule has 3 nitrogen and oxygen atoms in total. The molecule has 1 rings (SSSR count). The molecule has 0 saturated carbocycles. The van der Waals surface area contributed by atoms with E-state index in [4.69, 9.17) is 0 Å². The van der Waals surface area contributed by atoms with Crippen LogP contribution in [0.15, 0.2) is 0 Å². The van der Waals surface area contributed by atoms with Gasteiger partial charge in [0.05, 0.1) is 6.07 Å². The van der Waals surface area contributed by atoms with Gasteiger partial charge in [-0.05, 0) is 53.0 Å². The molecule has 1 heterocycles. The van der Waals surface area contributed by atoms with Crippen molar-refractivity contribution in [2.24, 2.45) is 0 Å². The average Bonchev–Trinajstić information content (AvgIpc) is 2.37. The largest absolute Gasteiger partial charge is 0.300 e. The third kappa shape index (κ3) is 5.50. The first kappa shape index (κ1) is 16.5. The van der Waals surface area contributed by atoms with Crippen LogP contribution in [0, 0.1) is 11.3 Å². The van der Waals surface area contributed by atoms with Gasteiger partial charge in [0.15, 0.2) is 0 Å². The second-order valence-corrected chi connectivity index (χ2v) is 6.47. The molecule has 1 saturated heterocycles. The molecular weight excluding hydrogens is 234 g/mol. The fourth-order valence-electron chi connectivity index (χ4n) is 3.18. The van der Waals surface area contributed by atoms with Gasteiger partial charge in [0.25, 0.3) is 0 Å². The molecule has 1 aliphatic heterocycles. The lowest BCUT2D eigenvalue weighted by molar-refractivity contribution is 0.128. The number of rotatable bonds is 7. The van der Waals surface area contributed by atoms with Crippen molar-refractivity contribution in [3.05, 3.63) is 0 Å². The Labute approximate surface area is 119 Å². The van der Waals surface area contributed by atoms with Crippen LogP contribution in [0.5, 0.6) is 0 Å².